The zero-order chi connectivity index (χ0) is 9.40. The lowest BCUT2D eigenvalue weighted by atomic mass is 10.4. The van der Waals surface area contributed by atoms with Crippen molar-refractivity contribution in [3.8, 4) is 6.07 Å². The van der Waals surface area contributed by atoms with Gasteiger partial charge in [0.25, 0.3) is 0 Å². The van der Waals surface area contributed by atoms with Crippen molar-refractivity contribution in [1.29, 1.82) is 5.26 Å². The maximum Gasteiger partial charge on any atom is 0.133 e. The minimum atomic E-state index is -0.420. The second kappa shape index (κ2) is 7.35. The van der Waals surface area contributed by atoms with Crippen molar-refractivity contribution in [1.82, 2.24) is 4.90 Å². The molecule has 0 fully saturated rings. The first-order valence-electron chi connectivity index (χ1n) is 4.00. The van der Waals surface area contributed by atoms with E-state index >= 15 is 0 Å². The van der Waals surface area contributed by atoms with Crippen LogP contribution in [-0.4, -0.2) is 43.6 Å². The quantitative estimate of drug-likeness (QED) is 0.465. The Labute approximate surface area is 78.9 Å². The Balaban J connectivity index is 3.34. The summed E-state index contributed by atoms with van der Waals surface area (Å²) in [5.74, 6) is 0. The van der Waals surface area contributed by atoms with Gasteiger partial charge in [0, 0.05) is 19.7 Å². The molecule has 0 rings (SSSR count). The predicted octanol–water partition coefficient (Wildman–Crippen LogP) is 1.09. The topological polar surface area (TPSA) is 36.3 Å². The number of likely N-dealkylation sites (N-methyl/N-ethyl adjacent to an activating group) is 1. The molecule has 0 aromatic rings. The molecule has 0 aliphatic rings. The van der Waals surface area contributed by atoms with Gasteiger partial charge in [-0.1, -0.05) is 0 Å². The van der Waals surface area contributed by atoms with E-state index in [-0.39, 0.29) is 0 Å². The monoisotopic (exact) mass is 190 g/mol. The van der Waals surface area contributed by atoms with E-state index < -0.39 is 5.38 Å². The maximum atomic E-state index is 8.42. The van der Waals surface area contributed by atoms with Gasteiger partial charge >= 0.3 is 0 Å². The number of hydrogen-bond donors (Lipinski definition) is 0. The Morgan fingerprint density at radius 1 is 1.67 bits per heavy atom. The van der Waals surface area contributed by atoms with Crippen LogP contribution in [0.5, 0.6) is 0 Å². The van der Waals surface area contributed by atoms with E-state index in [0.29, 0.717) is 13.2 Å². The average molecular weight is 191 g/mol. The van der Waals surface area contributed by atoms with Crippen LogP contribution in [0.25, 0.3) is 0 Å². The number of hydrogen-bond acceptors (Lipinski definition) is 3. The molecule has 0 aromatic heterocycles. The van der Waals surface area contributed by atoms with E-state index in [1.165, 1.54) is 0 Å². The van der Waals surface area contributed by atoms with Crippen molar-refractivity contribution in [3.63, 3.8) is 0 Å². The molecule has 1 unspecified atom stereocenters. The predicted molar refractivity (Wildman–Crippen MR) is 49.2 cm³/mol. The Hall–Kier alpha value is -0.300. The van der Waals surface area contributed by atoms with E-state index in [2.05, 4.69) is 0 Å². The van der Waals surface area contributed by atoms with Gasteiger partial charge in [-0.2, -0.15) is 5.26 Å². The molecule has 70 valence electrons. The highest BCUT2D eigenvalue weighted by molar-refractivity contribution is 6.22. The van der Waals surface area contributed by atoms with Crippen molar-refractivity contribution in [3.05, 3.63) is 0 Å². The van der Waals surface area contributed by atoms with Gasteiger partial charge in [-0.05, 0) is 14.0 Å². The van der Waals surface area contributed by atoms with Crippen LogP contribution < -0.4 is 0 Å². The van der Waals surface area contributed by atoms with E-state index in [4.69, 9.17) is 21.6 Å². The molecule has 0 spiro atoms. The molecule has 0 amide bonds. The molecular formula is C8H15ClN2O. The third-order valence-corrected chi connectivity index (χ3v) is 1.67. The maximum absolute atomic E-state index is 8.42. The van der Waals surface area contributed by atoms with E-state index in [1.54, 1.807) is 0 Å². The van der Waals surface area contributed by atoms with Crippen LogP contribution in [0, 0.1) is 11.3 Å². The minimum absolute atomic E-state index is 0.420. The Morgan fingerprint density at radius 3 is 2.83 bits per heavy atom. The van der Waals surface area contributed by atoms with Crippen molar-refractivity contribution in [2.75, 3.05) is 33.4 Å². The molecule has 0 aliphatic carbocycles. The second-order valence-electron chi connectivity index (χ2n) is 2.56. The fourth-order valence-corrected chi connectivity index (χ4v) is 1.01. The Bertz CT molecular complexity index is 146. The number of halogens is 1. The third-order valence-electron chi connectivity index (χ3n) is 1.43. The van der Waals surface area contributed by atoms with Crippen LogP contribution in [0.1, 0.15) is 6.92 Å². The molecule has 0 heterocycles. The van der Waals surface area contributed by atoms with Gasteiger partial charge in [0.05, 0.1) is 12.7 Å². The molecule has 0 aliphatic heterocycles. The van der Waals surface area contributed by atoms with Crippen LogP contribution in [0.4, 0.5) is 0 Å². The van der Waals surface area contributed by atoms with Crippen LogP contribution in [-0.2, 0) is 4.74 Å². The van der Waals surface area contributed by atoms with E-state index in [1.807, 2.05) is 24.9 Å². The zero-order valence-corrected chi connectivity index (χ0v) is 8.34. The van der Waals surface area contributed by atoms with Crippen LogP contribution in [0.3, 0.4) is 0 Å². The molecule has 1 atom stereocenters. The average Bonchev–Trinajstić information content (AvgIpc) is 2.05. The standard InChI is InChI=1S/C8H15ClN2O/c1-3-12-5-4-11(2)7-8(9)6-10/h8H,3-5,7H2,1-2H3. The summed E-state index contributed by atoms with van der Waals surface area (Å²) in [5.41, 5.74) is 0. The van der Waals surface area contributed by atoms with Gasteiger partial charge in [-0.3, -0.25) is 0 Å². The van der Waals surface area contributed by atoms with Gasteiger partial charge in [0.15, 0.2) is 0 Å². The summed E-state index contributed by atoms with van der Waals surface area (Å²) in [6, 6.07) is 1.97. The van der Waals surface area contributed by atoms with Crippen LogP contribution in [0.15, 0.2) is 0 Å². The first kappa shape index (κ1) is 11.7. The first-order chi connectivity index (χ1) is 5.70. The molecule has 12 heavy (non-hydrogen) atoms. The fourth-order valence-electron chi connectivity index (χ4n) is 0.770. The molecule has 0 radical (unpaired) electrons. The second-order valence-corrected chi connectivity index (χ2v) is 3.08. The van der Waals surface area contributed by atoms with Crippen molar-refractivity contribution < 1.29 is 4.74 Å². The van der Waals surface area contributed by atoms with Crippen molar-refractivity contribution in [2.24, 2.45) is 0 Å². The highest BCUT2D eigenvalue weighted by Gasteiger charge is 2.05. The number of rotatable bonds is 6. The summed E-state index contributed by atoms with van der Waals surface area (Å²) in [6.45, 7) is 4.79. The highest BCUT2D eigenvalue weighted by Crippen LogP contribution is 1.95. The van der Waals surface area contributed by atoms with Gasteiger partial charge < -0.3 is 9.64 Å². The number of ether oxygens (including phenoxy) is 1. The molecule has 3 nitrogen and oxygen atoms in total. The normalized spacial score (nSPS) is 12.9. The lowest BCUT2D eigenvalue weighted by Crippen LogP contribution is -2.28. The fraction of sp³-hybridized carbons (Fsp3) is 0.875. The summed E-state index contributed by atoms with van der Waals surface area (Å²) >= 11 is 5.63. The summed E-state index contributed by atoms with van der Waals surface area (Å²) < 4.78 is 5.15. The van der Waals surface area contributed by atoms with E-state index in [0.717, 1.165) is 13.2 Å². The van der Waals surface area contributed by atoms with Gasteiger partial charge in [-0.25, -0.2) is 0 Å². The molecule has 0 N–H and O–H groups in total. The summed E-state index contributed by atoms with van der Waals surface area (Å²) in [6.07, 6.45) is 0. The molecule has 0 bridgehead atoms. The molecular weight excluding hydrogens is 176 g/mol. The van der Waals surface area contributed by atoms with Crippen LogP contribution in [0.2, 0.25) is 0 Å². The molecule has 0 saturated heterocycles. The highest BCUT2D eigenvalue weighted by atomic mass is 35.5. The minimum Gasteiger partial charge on any atom is -0.380 e. The lowest BCUT2D eigenvalue weighted by molar-refractivity contribution is 0.123. The van der Waals surface area contributed by atoms with Crippen molar-refractivity contribution in [2.45, 2.75) is 12.3 Å². The van der Waals surface area contributed by atoms with Gasteiger partial charge in [-0.15, -0.1) is 11.6 Å². The number of nitriles is 1. The number of nitrogens with zero attached hydrogens (tertiary/aromatic N) is 2. The summed E-state index contributed by atoms with van der Waals surface area (Å²) in [4.78, 5) is 1.98. The Kier molecular flexibility index (Phi) is 7.17. The molecule has 0 aromatic carbocycles. The Morgan fingerprint density at radius 2 is 2.33 bits per heavy atom. The zero-order valence-electron chi connectivity index (χ0n) is 7.59. The first-order valence-corrected chi connectivity index (χ1v) is 4.44. The smallest absolute Gasteiger partial charge is 0.133 e. The lowest BCUT2D eigenvalue weighted by Gasteiger charge is -2.16. The van der Waals surface area contributed by atoms with Gasteiger partial charge in [0.2, 0.25) is 0 Å². The van der Waals surface area contributed by atoms with Crippen molar-refractivity contribution >= 4 is 11.6 Å². The van der Waals surface area contributed by atoms with Gasteiger partial charge in [0.1, 0.15) is 5.38 Å². The van der Waals surface area contributed by atoms with Crippen LogP contribution >= 0.6 is 11.6 Å². The SMILES string of the molecule is CCOCCN(C)CC(Cl)C#N. The number of alkyl halides is 1. The summed E-state index contributed by atoms with van der Waals surface area (Å²) in [7, 11) is 1.92. The van der Waals surface area contributed by atoms with E-state index in [9.17, 15) is 0 Å². The molecule has 4 heteroatoms. The molecule has 0 saturated carbocycles. The third kappa shape index (κ3) is 6.41. The largest absolute Gasteiger partial charge is 0.380 e. The summed E-state index contributed by atoms with van der Waals surface area (Å²) in [5, 5.41) is 8.00.